The number of aryl methyl sites for hydroxylation is 2. The average molecular weight is 562 g/mol. The molecule has 4 aromatic rings. The van der Waals surface area contributed by atoms with Crippen LogP contribution in [0.25, 0.3) is 0 Å². The van der Waals surface area contributed by atoms with Gasteiger partial charge in [0.05, 0.1) is 31.9 Å². The lowest BCUT2D eigenvalue weighted by Crippen LogP contribution is -2.30. The van der Waals surface area contributed by atoms with Crippen molar-refractivity contribution in [3.8, 4) is 11.5 Å². The summed E-state index contributed by atoms with van der Waals surface area (Å²) in [5.74, 6) is 1.25. The minimum atomic E-state index is -3.82. The predicted octanol–water partition coefficient (Wildman–Crippen LogP) is 5.07. The highest BCUT2D eigenvalue weighted by Crippen LogP contribution is 2.24. The topological polar surface area (TPSA) is 110 Å². The monoisotopic (exact) mass is 561 g/mol. The molecular weight excluding hydrogens is 530 g/mol. The summed E-state index contributed by atoms with van der Waals surface area (Å²) in [6.07, 6.45) is 1.34. The first-order valence-corrected chi connectivity index (χ1v) is 13.9. The Balaban J connectivity index is 1.50. The van der Waals surface area contributed by atoms with E-state index in [9.17, 15) is 13.2 Å². The average Bonchev–Trinajstić information content (AvgIpc) is 3.40. The Morgan fingerprint density at radius 3 is 2.08 bits per heavy atom. The Hall–Kier alpha value is -4.41. The number of hydrogen-bond donors (Lipinski definition) is 1. The fourth-order valence-corrected chi connectivity index (χ4v) is 5.26. The van der Waals surface area contributed by atoms with Crippen LogP contribution in [0.2, 0.25) is 0 Å². The molecule has 0 aliphatic heterocycles. The fourth-order valence-electron chi connectivity index (χ4n) is 3.86. The van der Waals surface area contributed by atoms with Gasteiger partial charge in [-0.15, -0.1) is 0 Å². The van der Waals surface area contributed by atoms with Crippen LogP contribution in [-0.4, -0.2) is 39.1 Å². The van der Waals surface area contributed by atoms with Crippen LogP contribution in [0.15, 0.2) is 93.3 Å². The first-order valence-electron chi connectivity index (χ1n) is 12.5. The molecule has 1 amide bonds. The van der Waals surface area contributed by atoms with Crippen molar-refractivity contribution in [3.63, 3.8) is 0 Å². The quantitative estimate of drug-likeness (QED) is 0.202. The zero-order chi connectivity index (χ0) is 28.7. The maximum absolute atomic E-state index is 13.6. The molecule has 1 N–H and O–H groups in total. The van der Waals surface area contributed by atoms with Gasteiger partial charge < -0.3 is 13.9 Å². The maximum atomic E-state index is 13.6. The van der Waals surface area contributed by atoms with Crippen LogP contribution in [0.4, 0.5) is 0 Å². The molecule has 0 aliphatic carbocycles. The molecule has 0 saturated carbocycles. The molecular formula is C30H31N3O6S. The van der Waals surface area contributed by atoms with E-state index in [2.05, 4.69) is 10.5 Å². The van der Waals surface area contributed by atoms with Crippen molar-refractivity contribution in [1.29, 1.82) is 0 Å². The highest BCUT2D eigenvalue weighted by atomic mass is 32.2. The van der Waals surface area contributed by atoms with E-state index in [0.29, 0.717) is 28.6 Å². The van der Waals surface area contributed by atoms with E-state index in [1.54, 1.807) is 54.6 Å². The number of ether oxygens (including phenoxy) is 2. The van der Waals surface area contributed by atoms with E-state index in [-0.39, 0.29) is 18.0 Å². The van der Waals surface area contributed by atoms with Crippen molar-refractivity contribution in [3.05, 3.63) is 113 Å². The van der Waals surface area contributed by atoms with Gasteiger partial charge in [-0.3, -0.25) is 4.79 Å². The number of hydrazone groups is 1. The van der Waals surface area contributed by atoms with Crippen LogP contribution >= 0.6 is 0 Å². The standard InChI is InChI=1S/C30H31N3O6S/c1-21-5-9-23(10-6-21)19-33(40(35,36)29-13-7-22(2)8-14-29)20-26-12-11-25(39-26)18-31-32-30(34)24-15-27(37-3)17-28(16-24)38-4/h5-18H,19-20H2,1-4H3,(H,32,34)/b31-18-. The molecule has 0 bridgehead atoms. The summed E-state index contributed by atoms with van der Waals surface area (Å²) in [6.45, 7) is 4.06. The highest BCUT2D eigenvalue weighted by molar-refractivity contribution is 7.89. The van der Waals surface area contributed by atoms with Crippen molar-refractivity contribution < 1.29 is 27.1 Å². The number of amides is 1. The largest absolute Gasteiger partial charge is 0.497 e. The molecule has 10 heteroatoms. The number of methoxy groups -OCH3 is 2. The third kappa shape index (κ3) is 7.16. The Labute approximate surface area is 234 Å². The molecule has 1 aromatic heterocycles. The molecule has 0 atom stereocenters. The van der Waals surface area contributed by atoms with Crippen LogP contribution < -0.4 is 14.9 Å². The van der Waals surface area contributed by atoms with Crippen molar-refractivity contribution in [1.82, 2.24) is 9.73 Å². The third-order valence-electron chi connectivity index (χ3n) is 6.12. The van der Waals surface area contributed by atoms with Crippen LogP contribution in [0.3, 0.4) is 0 Å². The van der Waals surface area contributed by atoms with E-state index >= 15 is 0 Å². The van der Waals surface area contributed by atoms with Gasteiger partial charge in [-0.25, -0.2) is 13.8 Å². The van der Waals surface area contributed by atoms with Gasteiger partial charge in [0.1, 0.15) is 23.0 Å². The first-order chi connectivity index (χ1) is 19.2. The number of benzene rings is 3. The predicted molar refractivity (Wildman–Crippen MR) is 152 cm³/mol. The van der Waals surface area contributed by atoms with Crippen LogP contribution in [0.1, 0.15) is 38.6 Å². The molecule has 9 nitrogen and oxygen atoms in total. The lowest BCUT2D eigenvalue weighted by molar-refractivity contribution is 0.0954. The second kappa shape index (κ2) is 12.6. The zero-order valence-electron chi connectivity index (χ0n) is 22.7. The number of rotatable bonds is 11. The second-order valence-corrected chi connectivity index (χ2v) is 11.1. The smallest absolute Gasteiger partial charge is 0.271 e. The Morgan fingerprint density at radius 1 is 0.875 bits per heavy atom. The lowest BCUT2D eigenvalue weighted by Gasteiger charge is -2.21. The number of carbonyl (C=O) groups is 1. The van der Waals surface area contributed by atoms with Gasteiger partial charge in [0, 0.05) is 18.2 Å². The van der Waals surface area contributed by atoms with Gasteiger partial charge in [0.15, 0.2) is 0 Å². The Kier molecular flexibility index (Phi) is 9.03. The Morgan fingerprint density at radius 2 is 1.48 bits per heavy atom. The summed E-state index contributed by atoms with van der Waals surface area (Å²) >= 11 is 0. The summed E-state index contributed by atoms with van der Waals surface area (Å²) in [4.78, 5) is 12.7. The van der Waals surface area contributed by atoms with E-state index < -0.39 is 15.9 Å². The molecule has 1 heterocycles. The number of sulfonamides is 1. The third-order valence-corrected chi connectivity index (χ3v) is 7.93. The van der Waals surface area contributed by atoms with E-state index in [4.69, 9.17) is 13.9 Å². The number of nitrogens with one attached hydrogen (secondary N) is 1. The summed E-state index contributed by atoms with van der Waals surface area (Å²) in [6, 6.07) is 22.6. The van der Waals surface area contributed by atoms with Gasteiger partial charge in [0.25, 0.3) is 5.91 Å². The van der Waals surface area contributed by atoms with Gasteiger partial charge in [0.2, 0.25) is 10.0 Å². The normalized spacial score (nSPS) is 11.6. The fraction of sp³-hybridized carbons (Fsp3) is 0.200. The minimum absolute atomic E-state index is 0.00783. The van der Waals surface area contributed by atoms with Crippen LogP contribution in [0.5, 0.6) is 11.5 Å². The second-order valence-electron chi connectivity index (χ2n) is 9.18. The van der Waals surface area contributed by atoms with E-state index in [1.807, 2.05) is 38.1 Å². The molecule has 0 radical (unpaired) electrons. The van der Waals surface area contributed by atoms with Gasteiger partial charge >= 0.3 is 0 Å². The van der Waals surface area contributed by atoms with Crippen LogP contribution in [-0.2, 0) is 23.1 Å². The molecule has 0 fully saturated rings. The molecule has 4 rings (SSSR count). The number of hydrogen-bond acceptors (Lipinski definition) is 7. The Bertz CT molecular complexity index is 1570. The number of carbonyl (C=O) groups excluding carboxylic acids is 1. The molecule has 0 aliphatic rings. The van der Waals surface area contributed by atoms with E-state index in [1.165, 1.54) is 24.7 Å². The van der Waals surface area contributed by atoms with Crippen molar-refractivity contribution >= 4 is 22.1 Å². The molecule has 0 spiro atoms. The number of furan rings is 1. The molecule has 40 heavy (non-hydrogen) atoms. The maximum Gasteiger partial charge on any atom is 0.271 e. The molecule has 0 unspecified atom stereocenters. The minimum Gasteiger partial charge on any atom is -0.497 e. The molecule has 208 valence electrons. The first kappa shape index (κ1) is 28.6. The molecule has 0 saturated heterocycles. The van der Waals surface area contributed by atoms with Gasteiger partial charge in [-0.2, -0.15) is 9.41 Å². The number of nitrogens with zero attached hydrogens (tertiary/aromatic N) is 2. The van der Waals surface area contributed by atoms with Crippen molar-refractivity contribution in [2.24, 2.45) is 5.10 Å². The van der Waals surface area contributed by atoms with Gasteiger partial charge in [-0.1, -0.05) is 47.5 Å². The molecule has 3 aromatic carbocycles. The summed E-state index contributed by atoms with van der Waals surface area (Å²) in [5.41, 5.74) is 5.66. The SMILES string of the molecule is COc1cc(OC)cc(C(=O)N/N=C\c2ccc(CN(Cc3ccc(C)cc3)S(=O)(=O)c3ccc(C)cc3)o2)c1. The van der Waals surface area contributed by atoms with Crippen LogP contribution in [0, 0.1) is 13.8 Å². The zero-order valence-corrected chi connectivity index (χ0v) is 23.6. The van der Waals surface area contributed by atoms with Gasteiger partial charge in [-0.05, 0) is 55.8 Å². The lowest BCUT2D eigenvalue weighted by atomic mass is 10.1. The van der Waals surface area contributed by atoms with E-state index in [0.717, 1.165) is 16.7 Å². The van der Waals surface area contributed by atoms with Crippen molar-refractivity contribution in [2.75, 3.05) is 14.2 Å². The summed E-state index contributed by atoms with van der Waals surface area (Å²) in [7, 11) is -0.829. The van der Waals surface area contributed by atoms with Crippen molar-refractivity contribution in [2.45, 2.75) is 31.8 Å². The summed E-state index contributed by atoms with van der Waals surface area (Å²) < 4.78 is 44.8. The highest BCUT2D eigenvalue weighted by Gasteiger charge is 2.26. The summed E-state index contributed by atoms with van der Waals surface area (Å²) in [5, 5.41) is 3.97.